The van der Waals surface area contributed by atoms with Crippen LogP contribution in [0.25, 0.3) is 0 Å². The predicted molar refractivity (Wildman–Crippen MR) is 62.9 cm³/mol. The zero-order chi connectivity index (χ0) is 13.4. The number of hydrogen-bond acceptors (Lipinski definition) is 4. The summed E-state index contributed by atoms with van der Waals surface area (Å²) in [5, 5.41) is 11.2. The Kier molecular flexibility index (Phi) is 5.86. The molecule has 0 spiro atoms. The Morgan fingerprint density at radius 3 is 2.89 bits per heavy atom. The van der Waals surface area contributed by atoms with E-state index in [4.69, 9.17) is 9.84 Å². The molecule has 0 aromatic carbocycles. The number of methoxy groups -OCH3 is 1. The first-order valence-corrected chi connectivity index (χ1v) is 5.59. The largest absolute Gasteiger partial charge is 0.481 e. The summed E-state index contributed by atoms with van der Waals surface area (Å²) in [5.41, 5.74) is 0. The number of aryl methyl sites for hydroxylation is 1. The first-order valence-electron chi connectivity index (χ1n) is 5.59. The monoisotopic (exact) mass is 255 g/mol. The molecule has 18 heavy (non-hydrogen) atoms. The van der Waals surface area contributed by atoms with Gasteiger partial charge in [-0.15, -0.1) is 0 Å². The van der Waals surface area contributed by atoms with E-state index >= 15 is 0 Å². The van der Waals surface area contributed by atoms with Gasteiger partial charge in [0.25, 0.3) is 0 Å². The highest BCUT2D eigenvalue weighted by Crippen LogP contribution is 1.96. The van der Waals surface area contributed by atoms with E-state index in [0.717, 1.165) is 0 Å². The topological polar surface area (TPSA) is 93.5 Å². The molecular weight excluding hydrogens is 238 g/mol. The molecule has 100 valence electrons. The molecule has 0 aliphatic rings. The van der Waals surface area contributed by atoms with Gasteiger partial charge in [0, 0.05) is 39.0 Å². The Balaban J connectivity index is 2.21. The normalized spacial score (nSPS) is 12.1. The SMILES string of the molecule is COC(CNC(=O)CCn1ccnc1)CC(=O)O. The molecule has 0 saturated carbocycles. The third kappa shape index (κ3) is 5.44. The number of hydrogen-bond donors (Lipinski definition) is 2. The summed E-state index contributed by atoms with van der Waals surface area (Å²) in [4.78, 5) is 25.9. The molecule has 1 rings (SSSR count). The number of nitrogens with zero attached hydrogens (tertiary/aromatic N) is 2. The van der Waals surface area contributed by atoms with E-state index in [1.165, 1.54) is 7.11 Å². The van der Waals surface area contributed by atoms with Crippen LogP contribution in [-0.2, 0) is 20.9 Å². The second kappa shape index (κ2) is 7.44. The zero-order valence-electron chi connectivity index (χ0n) is 10.2. The van der Waals surface area contributed by atoms with Gasteiger partial charge < -0.3 is 19.7 Å². The van der Waals surface area contributed by atoms with Crippen molar-refractivity contribution in [2.75, 3.05) is 13.7 Å². The standard InChI is InChI=1S/C11H17N3O4/c1-18-9(6-11(16)17)7-13-10(15)2-4-14-5-3-12-8-14/h3,5,8-9H,2,4,6-7H2,1H3,(H,13,15)(H,16,17). The van der Waals surface area contributed by atoms with Gasteiger partial charge in [-0.3, -0.25) is 9.59 Å². The number of rotatable bonds is 8. The molecule has 7 heteroatoms. The van der Waals surface area contributed by atoms with Gasteiger partial charge in [-0.2, -0.15) is 0 Å². The van der Waals surface area contributed by atoms with E-state index in [2.05, 4.69) is 10.3 Å². The minimum absolute atomic E-state index is 0.127. The smallest absolute Gasteiger partial charge is 0.306 e. The van der Waals surface area contributed by atoms with E-state index in [0.29, 0.717) is 13.0 Å². The van der Waals surface area contributed by atoms with E-state index in [1.807, 2.05) is 0 Å². The number of carboxylic acid groups (broad SMARTS) is 1. The average Bonchev–Trinajstić information content (AvgIpc) is 2.84. The quantitative estimate of drug-likeness (QED) is 0.675. The maximum atomic E-state index is 11.5. The highest BCUT2D eigenvalue weighted by molar-refractivity contribution is 5.76. The van der Waals surface area contributed by atoms with Crippen molar-refractivity contribution in [1.82, 2.24) is 14.9 Å². The zero-order valence-corrected chi connectivity index (χ0v) is 10.2. The number of nitrogens with one attached hydrogen (secondary N) is 1. The lowest BCUT2D eigenvalue weighted by molar-refractivity contribution is -0.140. The van der Waals surface area contributed by atoms with Gasteiger partial charge in [-0.1, -0.05) is 0 Å². The van der Waals surface area contributed by atoms with E-state index < -0.39 is 12.1 Å². The average molecular weight is 255 g/mol. The summed E-state index contributed by atoms with van der Waals surface area (Å²) in [6.07, 6.45) is 4.74. The lowest BCUT2D eigenvalue weighted by Crippen LogP contribution is -2.34. The number of carbonyl (C=O) groups excluding carboxylic acids is 1. The van der Waals surface area contributed by atoms with Gasteiger partial charge in [-0.05, 0) is 0 Å². The Hall–Kier alpha value is -1.89. The second-order valence-corrected chi connectivity index (χ2v) is 3.81. The van der Waals surface area contributed by atoms with Crippen LogP contribution in [0.2, 0.25) is 0 Å². The molecular formula is C11H17N3O4. The summed E-state index contributed by atoms with van der Waals surface area (Å²) >= 11 is 0. The molecule has 0 bridgehead atoms. The molecule has 0 aliphatic heterocycles. The van der Waals surface area contributed by atoms with Gasteiger partial charge in [0.15, 0.2) is 0 Å². The van der Waals surface area contributed by atoms with Gasteiger partial charge in [-0.25, -0.2) is 4.98 Å². The maximum absolute atomic E-state index is 11.5. The third-order valence-corrected chi connectivity index (χ3v) is 2.42. The number of ether oxygens (including phenoxy) is 1. The molecule has 1 heterocycles. The Morgan fingerprint density at radius 2 is 2.33 bits per heavy atom. The summed E-state index contributed by atoms with van der Waals surface area (Å²) in [6, 6.07) is 0. The van der Waals surface area contributed by atoms with Crippen LogP contribution in [0.3, 0.4) is 0 Å². The lowest BCUT2D eigenvalue weighted by atomic mass is 10.2. The minimum Gasteiger partial charge on any atom is -0.481 e. The second-order valence-electron chi connectivity index (χ2n) is 3.81. The van der Waals surface area contributed by atoms with Crippen molar-refractivity contribution >= 4 is 11.9 Å². The molecule has 0 fully saturated rings. The van der Waals surface area contributed by atoms with Crippen LogP contribution in [0.4, 0.5) is 0 Å². The van der Waals surface area contributed by atoms with Crippen LogP contribution in [0.1, 0.15) is 12.8 Å². The fourth-order valence-corrected chi connectivity index (χ4v) is 1.40. The van der Waals surface area contributed by atoms with Gasteiger partial charge in [0.05, 0.1) is 18.9 Å². The van der Waals surface area contributed by atoms with Crippen LogP contribution in [0.5, 0.6) is 0 Å². The molecule has 0 aliphatic carbocycles. The summed E-state index contributed by atoms with van der Waals surface area (Å²) < 4.78 is 6.75. The summed E-state index contributed by atoms with van der Waals surface area (Å²) in [5.74, 6) is -1.09. The molecule has 1 amide bonds. The minimum atomic E-state index is -0.950. The van der Waals surface area contributed by atoms with E-state index in [-0.39, 0.29) is 18.9 Å². The number of amides is 1. The Morgan fingerprint density at radius 1 is 1.56 bits per heavy atom. The first-order chi connectivity index (χ1) is 8.61. The number of carboxylic acids is 1. The number of aromatic nitrogens is 2. The number of carbonyl (C=O) groups is 2. The van der Waals surface area contributed by atoms with E-state index in [1.54, 1.807) is 23.3 Å². The summed E-state index contributed by atoms with van der Waals surface area (Å²) in [7, 11) is 1.42. The van der Waals surface area contributed by atoms with Crippen molar-refractivity contribution in [3.63, 3.8) is 0 Å². The number of aliphatic carboxylic acids is 1. The lowest BCUT2D eigenvalue weighted by Gasteiger charge is -2.13. The van der Waals surface area contributed by atoms with Gasteiger partial charge in [0.2, 0.25) is 5.91 Å². The van der Waals surface area contributed by atoms with Crippen LogP contribution in [0.15, 0.2) is 18.7 Å². The molecule has 1 aromatic rings. The predicted octanol–water partition coefficient (Wildman–Crippen LogP) is -0.121. The molecule has 0 radical (unpaired) electrons. The molecule has 2 N–H and O–H groups in total. The summed E-state index contributed by atoms with van der Waals surface area (Å²) in [6.45, 7) is 0.744. The molecule has 7 nitrogen and oxygen atoms in total. The first kappa shape index (κ1) is 14.2. The highest BCUT2D eigenvalue weighted by Gasteiger charge is 2.13. The number of imidazole rings is 1. The van der Waals surface area contributed by atoms with Crippen molar-refractivity contribution < 1.29 is 19.4 Å². The van der Waals surface area contributed by atoms with E-state index in [9.17, 15) is 9.59 Å². The van der Waals surface area contributed by atoms with Crippen LogP contribution < -0.4 is 5.32 Å². The van der Waals surface area contributed by atoms with Gasteiger partial charge in [0.1, 0.15) is 0 Å². The van der Waals surface area contributed by atoms with Crippen molar-refractivity contribution in [3.8, 4) is 0 Å². The van der Waals surface area contributed by atoms with Crippen LogP contribution >= 0.6 is 0 Å². The van der Waals surface area contributed by atoms with Gasteiger partial charge >= 0.3 is 5.97 Å². The van der Waals surface area contributed by atoms with Crippen molar-refractivity contribution in [2.24, 2.45) is 0 Å². The van der Waals surface area contributed by atoms with Crippen molar-refractivity contribution in [3.05, 3.63) is 18.7 Å². The Labute approximate surface area is 105 Å². The van der Waals surface area contributed by atoms with Crippen LogP contribution in [0, 0.1) is 0 Å². The van der Waals surface area contributed by atoms with Crippen molar-refractivity contribution in [1.29, 1.82) is 0 Å². The Bertz CT molecular complexity index is 378. The molecule has 1 atom stereocenters. The van der Waals surface area contributed by atoms with Crippen LogP contribution in [-0.4, -0.2) is 46.3 Å². The van der Waals surface area contributed by atoms with Crippen molar-refractivity contribution in [2.45, 2.75) is 25.5 Å². The molecule has 0 saturated heterocycles. The fourth-order valence-electron chi connectivity index (χ4n) is 1.40. The molecule has 1 aromatic heterocycles. The maximum Gasteiger partial charge on any atom is 0.306 e. The fraction of sp³-hybridized carbons (Fsp3) is 0.545. The molecule has 1 unspecified atom stereocenters. The third-order valence-electron chi connectivity index (χ3n) is 2.42. The highest BCUT2D eigenvalue weighted by atomic mass is 16.5.